The third kappa shape index (κ3) is 4.04. The van der Waals surface area contributed by atoms with Crippen LogP contribution in [0.1, 0.15) is 5.56 Å². The summed E-state index contributed by atoms with van der Waals surface area (Å²) in [5.74, 6) is -0.120. The number of amides is 1. The quantitative estimate of drug-likeness (QED) is 0.261. The zero-order chi connectivity index (χ0) is 22.0. The van der Waals surface area contributed by atoms with Gasteiger partial charge in [0, 0.05) is 11.6 Å². The van der Waals surface area contributed by atoms with Gasteiger partial charge in [-0.05, 0) is 28.5 Å². The summed E-state index contributed by atoms with van der Waals surface area (Å²) in [6, 6.07) is 11.3. The van der Waals surface area contributed by atoms with Gasteiger partial charge in [-0.25, -0.2) is 15.0 Å². The number of aromatic nitrogens is 4. The molecular weight excluding hydrogens is 428 g/mol. The Bertz CT molecular complexity index is 1330. The molecule has 1 amide bonds. The molecule has 2 heterocycles. The number of nitrogens with zero attached hydrogens (tertiary/aromatic N) is 6. The SMILES string of the molecule is Nc1nonc1-c1nc2ccccc2n1CC(=O)NN=Cc1ccc(Cl)c([N+](=O)[O-])c1. The molecule has 0 saturated heterocycles. The van der Waals surface area contributed by atoms with Crippen LogP contribution in [0.25, 0.3) is 22.6 Å². The molecule has 4 aromatic rings. The van der Waals surface area contributed by atoms with Gasteiger partial charge in [0.15, 0.2) is 17.3 Å². The zero-order valence-electron chi connectivity index (χ0n) is 15.6. The minimum Gasteiger partial charge on any atom is -0.379 e. The number of anilines is 1. The van der Waals surface area contributed by atoms with E-state index in [4.69, 9.17) is 17.3 Å². The highest BCUT2D eigenvalue weighted by Gasteiger charge is 2.20. The lowest BCUT2D eigenvalue weighted by Crippen LogP contribution is -2.23. The molecule has 0 saturated carbocycles. The third-order valence-electron chi connectivity index (χ3n) is 4.25. The van der Waals surface area contributed by atoms with Crippen molar-refractivity contribution in [1.29, 1.82) is 0 Å². The van der Waals surface area contributed by atoms with Crippen LogP contribution in [0.4, 0.5) is 11.5 Å². The van der Waals surface area contributed by atoms with Gasteiger partial charge in [0.05, 0.1) is 22.2 Å². The van der Waals surface area contributed by atoms with Gasteiger partial charge < -0.3 is 10.3 Å². The number of carbonyl (C=O) groups is 1. The maximum Gasteiger partial charge on any atom is 0.288 e. The summed E-state index contributed by atoms with van der Waals surface area (Å²) in [4.78, 5) is 27.3. The predicted molar refractivity (Wildman–Crippen MR) is 111 cm³/mol. The number of rotatable bonds is 6. The largest absolute Gasteiger partial charge is 0.379 e. The molecule has 0 fully saturated rings. The van der Waals surface area contributed by atoms with Crippen LogP contribution in [0.5, 0.6) is 0 Å². The Morgan fingerprint density at radius 3 is 2.87 bits per heavy atom. The Hall–Kier alpha value is -4.32. The Morgan fingerprint density at radius 1 is 1.32 bits per heavy atom. The monoisotopic (exact) mass is 440 g/mol. The van der Waals surface area contributed by atoms with E-state index < -0.39 is 10.8 Å². The van der Waals surface area contributed by atoms with Crippen molar-refractivity contribution >= 4 is 46.3 Å². The van der Waals surface area contributed by atoms with Gasteiger partial charge in [-0.3, -0.25) is 14.9 Å². The summed E-state index contributed by atoms with van der Waals surface area (Å²) in [5.41, 5.74) is 9.80. The lowest BCUT2D eigenvalue weighted by molar-refractivity contribution is -0.384. The van der Waals surface area contributed by atoms with E-state index in [-0.39, 0.29) is 28.8 Å². The summed E-state index contributed by atoms with van der Waals surface area (Å²) in [5, 5.41) is 22.1. The summed E-state index contributed by atoms with van der Waals surface area (Å²) >= 11 is 5.78. The minimum absolute atomic E-state index is 0.00678. The number of carbonyl (C=O) groups excluding carboxylic acids is 1. The molecule has 0 radical (unpaired) electrons. The maximum atomic E-state index is 12.5. The Morgan fingerprint density at radius 2 is 2.13 bits per heavy atom. The van der Waals surface area contributed by atoms with Crippen LogP contribution in [-0.4, -0.2) is 36.9 Å². The average Bonchev–Trinajstić information content (AvgIpc) is 3.32. The smallest absolute Gasteiger partial charge is 0.288 e. The molecule has 12 nitrogen and oxygen atoms in total. The molecule has 3 N–H and O–H groups in total. The van der Waals surface area contributed by atoms with Crippen LogP contribution in [-0.2, 0) is 11.3 Å². The fraction of sp³-hybridized carbons (Fsp3) is 0.0556. The topological polar surface area (TPSA) is 167 Å². The van der Waals surface area contributed by atoms with Gasteiger partial charge >= 0.3 is 0 Å². The lowest BCUT2D eigenvalue weighted by Gasteiger charge is -2.06. The van der Waals surface area contributed by atoms with Crippen LogP contribution < -0.4 is 11.2 Å². The molecule has 0 unspecified atom stereocenters. The number of nitro benzene ring substituents is 1. The highest BCUT2D eigenvalue weighted by molar-refractivity contribution is 6.32. The molecule has 0 bridgehead atoms. The summed E-state index contributed by atoms with van der Waals surface area (Å²) in [6.45, 7) is -0.153. The van der Waals surface area contributed by atoms with Crippen molar-refractivity contribution in [1.82, 2.24) is 25.3 Å². The number of hydrogen-bond acceptors (Lipinski definition) is 9. The van der Waals surface area contributed by atoms with Crippen LogP contribution in [0, 0.1) is 10.1 Å². The molecule has 156 valence electrons. The summed E-state index contributed by atoms with van der Waals surface area (Å²) in [6.07, 6.45) is 1.27. The Kier molecular flexibility index (Phi) is 5.28. The second-order valence-corrected chi connectivity index (χ2v) is 6.68. The van der Waals surface area contributed by atoms with Crippen LogP contribution in [0.3, 0.4) is 0 Å². The molecule has 0 spiro atoms. The van der Waals surface area contributed by atoms with Gasteiger partial charge in [-0.1, -0.05) is 29.8 Å². The maximum absolute atomic E-state index is 12.5. The summed E-state index contributed by atoms with van der Waals surface area (Å²) in [7, 11) is 0. The van der Waals surface area contributed by atoms with Gasteiger partial charge in [0.25, 0.3) is 11.6 Å². The number of nitro groups is 1. The van der Waals surface area contributed by atoms with Gasteiger partial charge in [-0.15, -0.1) is 0 Å². The number of nitrogens with one attached hydrogen (secondary N) is 1. The molecule has 2 aromatic heterocycles. The first-order valence-corrected chi connectivity index (χ1v) is 9.11. The van der Waals surface area contributed by atoms with Gasteiger partial charge in [0.1, 0.15) is 11.6 Å². The first kappa shape index (κ1) is 20.0. The highest BCUT2D eigenvalue weighted by Crippen LogP contribution is 2.26. The molecule has 0 aliphatic carbocycles. The number of para-hydroxylation sites is 2. The fourth-order valence-electron chi connectivity index (χ4n) is 2.87. The zero-order valence-corrected chi connectivity index (χ0v) is 16.4. The van der Waals surface area contributed by atoms with Crippen molar-refractivity contribution in [2.45, 2.75) is 6.54 Å². The van der Waals surface area contributed by atoms with E-state index in [9.17, 15) is 14.9 Å². The second-order valence-electron chi connectivity index (χ2n) is 6.27. The van der Waals surface area contributed by atoms with E-state index in [1.807, 2.05) is 6.07 Å². The van der Waals surface area contributed by atoms with Crippen molar-refractivity contribution in [3.63, 3.8) is 0 Å². The van der Waals surface area contributed by atoms with E-state index in [0.29, 0.717) is 22.4 Å². The van der Waals surface area contributed by atoms with Gasteiger partial charge in [-0.2, -0.15) is 5.10 Å². The number of hydrazone groups is 1. The molecule has 0 atom stereocenters. The molecule has 0 aliphatic rings. The van der Waals surface area contributed by atoms with Crippen molar-refractivity contribution in [2.75, 3.05) is 5.73 Å². The standard InChI is InChI=1S/C18H13ClN8O4/c19-11-6-5-10(7-14(11)27(29)30)8-21-23-15(28)9-26-13-4-2-1-3-12(13)22-18(26)16-17(20)25-31-24-16/h1-8H,9H2,(H2,20,25)(H,23,28). The van der Waals surface area contributed by atoms with Crippen molar-refractivity contribution < 1.29 is 14.3 Å². The van der Waals surface area contributed by atoms with E-state index >= 15 is 0 Å². The van der Waals surface area contributed by atoms with E-state index in [1.54, 1.807) is 22.8 Å². The van der Waals surface area contributed by atoms with Gasteiger partial charge in [0.2, 0.25) is 0 Å². The first-order chi connectivity index (χ1) is 14.9. The Labute approximate surface area is 178 Å². The van der Waals surface area contributed by atoms with Crippen molar-refractivity contribution in [3.05, 3.63) is 63.2 Å². The normalized spacial score (nSPS) is 11.3. The number of fused-ring (bicyclic) bond motifs is 1. The molecule has 13 heteroatoms. The molecule has 4 rings (SSSR count). The Balaban J connectivity index is 1.55. The van der Waals surface area contributed by atoms with Crippen LogP contribution >= 0.6 is 11.6 Å². The number of nitrogen functional groups attached to an aromatic ring is 1. The predicted octanol–water partition coefficient (Wildman–Crippen LogP) is 2.38. The number of halogens is 1. The molecule has 31 heavy (non-hydrogen) atoms. The van der Waals surface area contributed by atoms with Crippen LogP contribution in [0.2, 0.25) is 5.02 Å². The third-order valence-corrected chi connectivity index (χ3v) is 4.57. The average molecular weight is 441 g/mol. The highest BCUT2D eigenvalue weighted by atomic mass is 35.5. The van der Waals surface area contributed by atoms with Crippen molar-refractivity contribution in [3.8, 4) is 11.5 Å². The second kappa shape index (κ2) is 8.20. The van der Waals surface area contributed by atoms with E-state index in [2.05, 4.69) is 30.5 Å². The van der Waals surface area contributed by atoms with Crippen molar-refractivity contribution in [2.24, 2.45) is 5.10 Å². The van der Waals surface area contributed by atoms with E-state index in [1.165, 1.54) is 24.4 Å². The molecular formula is C18H13ClN8O4. The van der Waals surface area contributed by atoms with Crippen LogP contribution in [0.15, 0.2) is 52.2 Å². The van der Waals surface area contributed by atoms with E-state index in [0.717, 1.165) is 0 Å². The minimum atomic E-state index is -0.603. The molecule has 2 aromatic carbocycles. The number of nitrogens with two attached hydrogens (primary N) is 1. The summed E-state index contributed by atoms with van der Waals surface area (Å²) < 4.78 is 6.25. The number of hydrogen-bond donors (Lipinski definition) is 2. The fourth-order valence-corrected chi connectivity index (χ4v) is 3.06. The first-order valence-electron chi connectivity index (χ1n) is 8.73. The molecule has 0 aliphatic heterocycles. The number of benzene rings is 2. The lowest BCUT2D eigenvalue weighted by atomic mass is 10.2. The number of imidazole rings is 1.